The molecule has 0 saturated carbocycles. The topological polar surface area (TPSA) is 113 Å². The Morgan fingerprint density at radius 3 is 1.76 bits per heavy atom. The minimum absolute atomic E-state index is 0.0485. The molecule has 0 bridgehead atoms. The van der Waals surface area contributed by atoms with E-state index in [4.69, 9.17) is 23.4 Å². The number of benzene rings is 3. The van der Waals surface area contributed by atoms with Crippen molar-refractivity contribution in [2.75, 3.05) is 28.4 Å². The number of rotatable bonds is 12. The molecule has 0 aliphatic heterocycles. The molecule has 41 heavy (non-hydrogen) atoms. The van der Waals surface area contributed by atoms with Crippen molar-refractivity contribution < 1.29 is 36.2 Å². The second kappa shape index (κ2) is 12.1. The highest BCUT2D eigenvalue weighted by atomic mass is 32.2. The van der Waals surface area contributed by atoms with Crippen molar-refractivity contribution >= 4 is 10.0 Å². The zero-order chi connectivity index (χ0) is 29.8. The summed E-state index contributed by atoms with van der Waals surface area (Å²) in [7, 11) is 1.87. The first kappa shape index (κ1) is 29.8. The Hall–Kier alpha value is -4.16. The van der Waals surface area contributed by atoms with E-state index in [2.05, 4.69) is 10.2 Å². The Kier molecular flexibility index (Phi) is 8.83. The molecule has 0 fully saturated rings. The minimum atomic E-state index is -4.20. The smallest absolute Gasteiger partial charge is 0.247 e. The molecule has 12 heteroatoms. The zero-order valence-corrected chi connectivity index (χ0v) is 24.5. The van der Waals surface area contributed by atoms with Gasteiger partial charge in [0.05, 0.1) is 28.4 Å². The molecule has 0 atom stereocenters. The molecule has 1 aromatic heterocycles. The van der Waals surface area contributed by atoms with Gasteiger partial charge in [-0.15, -0.1) is 10.2 Å². The van der Waals surface area contributed by atoms with Crippen LogP contribution in [0.15, 0.2) is 65.1 Å². The Balaban J connectivity index is 1.77. The van der Waals surface area contributed by atoms with Crippen LogP contribution in [-0.4, -0.2) is 51.4 Å². The van der Waals surface area contributed by atoms with Crippen molar-refractivity contribution in [1.29, 1.82) is 0 Å². The number of sulfonamides is 1. The summed E-state index contributed by atoms with van der Waals surface area (Å²) in [4.78, 5) is 0. The van der Waals surface area contributed by atoms with Crippen molar-refractivity contribution in [3.63, 3.8) is 0 Å². The fraction of sp³-hybridized carbons (Fsp3) is 0.310. The summed E-state index contributed by atoms with van der Waals surface area (Å²) in [5.74, 6) is 1.58. The molecule has 10 nitrogen and oxygen atoms in total. The minimum Gasteiger partial charge on any atom is -0.497 e. The zero-order valence-electron chi connectivity index (χ0n) is 23.7. The summed E-state index contributed by atoms with van der Waals surface area (Å²) in [6.45, 7) is 2.89. The van der Waals surface area contributed by atoms with Gasteiger partial charge < -0.3 is 23.4 Å². The van der Waals surface area contributed by atoms with Crippen LogP contribution in [0.5, 0.6) is 23.0 Å². The molecule has 0 saturated heterocycles. The van der Waals surface area contributed by atoms with Gasteiger partial charge in [-0.1, -0.05) is 12.1 Å². The van der Waals surface area contributed by atoms with Crippen LogP contribution in [0.1, 0.15) is 30.9 Å². The van der Waals surface area contributed by atoms with E-state index in [1.54, 1.807) is 36.4 Å². The summed E-state index contributed by atoms with van der Waals surface area (Å²) >= 11 is 0. The highest BCUT2D eigenvalue weighted by Gasteiger charge is 2.45. The lowest BCUT2D eigenvalue weighted by Crippen LogP contribution is -2.42. The maximum absolute atomic E-state index is 14.4. The Morgan fingerprint density at radius 2 is 1.29 bits per heavy atom. The molecule has 0 N–H and O–H groups in total. The molecular weight excluding hydrogens is 553 g/mol. The van der Waals surface area contributed by atoms with Crippen molar-refractivity contribution in [2.45, 2.75) is 31.7 Å². The van der Waals surface area contributed by atoms with E-state index in [1.165, 1.54) is 70.9 Å². The van der Waals surface area contributed by atoms with Gasteiger partial charge in [-0.2, -0.15) is 4.31 Å². The van der Waals surface area contributed by atoms with Gasteiger partial charge in [-0.05, 0) is 50.2 Å². The molecule has 4 rings (SSSR count). The van der Waals surface area contributed by atoms with Gasteiger partial charge >= 0.3 is 0 Å². The average molecular weight is 586 g/mol. The van der Waals surface area contributed by atoms with Gasteiger partial charge in [0.2, 0.25) is 21.8 Å². The number of nitrogens with zero attached hydrogens (tertiary/aromatic N) is 3. The number of halogens is 1. The van der Waals surface area contributed by atoms with Crippen molar-refractivity contribution in [3.8, 4) is 34.5 Å². The molecule has 3 aromatic carbocycles. The second-order valence-electron chi connectivity index (χ2n) is 9.56. The van der Waals surface area contributed by atoms with Crippen molar-refractivity contribution in [3.05, 3.63) is 83.5 Å². The fourth-order valence-corrected chi connectivity index (χ4v) is 5.75. The van der Waals surface area contributed by atoms with E-state index < -0.39 is 20.6 Å². The Morgan fingerprint density at radius 1 is 0.780 bits per heavy atom. The molecule has 0 radical (unpaired) electrons. The number of ether oxygens (including phenoxy) is 4. The third-order valence-corrected chi connectivity index (χ3v) is 9.10. The number of aromatic nitrogens is 2. The highest BCUT2D eigenvalue weighted by Crippen LogP contribution is 2.37. The molecule has 0 aliphatic carbocycles. The van der Waals surface area contributed by atoms with Crippen molar-refractivity contribution in [1.82, 2.24) is 14.5 Å². The molecule has 218 valence electrons. The number of methoxy groups -OCH3 is 4. The maximum Gasteiger partial charge on any atom is 0.247 e. The van der Waals surface area contributed by atoms with E-state index in [-0.39, 0.29) is 24.9 Å². The summed E-state index contributed by atoms with van der Waals surface area (Å²) < 4.78 is 69.4. The van der Waals surface area contributed by atoms with Crippen LogP contribution in [0.2, 0.25) is 0 Å². The SMILES string of the molecule is COc1ccc(CN(Cc2ccc(OC)cc2OC)S(=O)(=O)C(C)(C)c2nnc(-c3ccc(F)cc3)o2)c(OC)c1. The van der Waals surface area contributed by atoms with Gasteiger partial charge in [0.1, 0.15) is 28.8 Å². The van der Waals surface area contributed by atoms with E-state index in [0.29, 0.717) is 39.7 Å². The molecule has 0 spiro atoms. The molecular formula is C29H32FN3O7S. The summed E-state index contributed by atoms with van der Waals surface area (Å²) in [5.41, 5.74) is 1.68. The van der Waals surface area contributed by atoms with Gasteiger partial charge in [0.15, 0.2) is 4.75 Å². The van der Waals surface area contributed by atoms with Gasteiger partial charge in [0, 0.05) is 41.9 Å². The molecule has 0 unspecified atom stereocenters. The van der Waals surface area contributed by atoms with Crippen LogP contribution in [0.3, 0.4) is 0 Å². The predicted molar refractivity (Wildman–Crippen MR) is 150 cm³/mol. The first-order chi connectivity index (χ1) is 19.5. The second-order valence-corrected chi connectivity index (χ2v) is 12.0. The van der Waals surface area contributed by atoms with E-state index >= 15 is 0 Å². The van der Waals surface area contributed by atoms with E-state index in [0.717, 1.165) is 0 Å². The van der Waals surface area contributed by atoms with Crippen molar-refractivity contribution in [2.24, 2.45) is 0 Å². The summed E-state index contributed by atoms with van der Waals surface area (Å²) in [6.07, 6.45) is 0. The van der Waals surface area contributed by atoms with Crippen LogP contribution >= 0.6 is 0 Å². The lowest BCUT2D eigenvalue weighted by Gasteiger charge is -2.31. The number of hydrogen-bond acceptors (Lipinski definition) is 9. The van der Waals surface area contributed by atoms with Gasteiger partial charge in [0.25, 0.3) is 0 Å². The van der Waals surface area contributed by atoms with Gasteiger partial charge in [-0.3, -0.25) is 0 Å². The van der Waals surface area contributed by atoms with E-state index in [1.807, 2.05) is 0 Å². The third-order valence-electron chi connectivity index (χ3n) is 6.70. The predicted octanol–water partition coefficient (Wildman–Crippen LogP) is 5.18. The largest absolute Gasteiger partial charge is 0.497 e. The van der Waals surface area contributed by atoms with Crippen LogP contribution in [0.25, 0.3) is 11.5 Å². The molecule has 4 aromatic rings. The average Bonchev–Trinajstić information content (AvgIpc) is 3.48. The van der Waals surface area contributed by atoms with Crippen LogP contribution in [-0.2, 0) is 27.9 Å². The first-order valence-corrected chi connectivity index (χ1v) is 14.0. The first-order valence-electron chi connectivity index (χ1n) is 12.6. The lowest BCUT2D eigenvalue weighted by atomic mass is 10.1. The molecule has 0 aliphatic rings. The normalized spacial score (nSPS) is 11.9. The lowest BCUT2D eigenvalue weighted by molar-refractivity contribution is 0.341. The van der Waals surface area contributed by atoms with Crippen LogP contribution < -0.4 is 18.9 Å². The highest BCUT2D eigenvalue weighted by molar-refractivity contribution is 7.90. The summed E-state index contributed by atoms with van der Waals surface area (Å²) in [6, 6.07) is 15.8. The Bertz CT molecular complexity index is 1550. The summed E-state index contributed by atoms with van der Waals surface area (Å²) in [5, 5.41) is 8.09. The Labute approximate surface area is 238 Å². The van der Waals surface area contributed by atoms with Crippen LogP contribution in [0.4, 0.5) is 4.39 Å². The van der Waals surface area contributed by atoms with Gasteiger partial charge in [-0.25, -0.2) is 12.8 Å². The maximum atomic E-state index is 14.4. The number of hydrogen-bond donors (Lipinski definition) is 0. The third kappa shape index (κ3) is 6.13. The van der Waals surface area contributed by atoms with E-state index in [9.17, 15) is 12.8 Å². The molecule has 1 heterocycles. The standard InChI is InChI=1S/C29H32FN3O7S/c1-29(2,28-32-31-27(40-28)19-7-11-22(30)12-8-19)41(34,35)33(17-20-9-13-23(36-3)15-25(20)38-5)18-21-10-14-24(37-4)16-26(21)39-6/h7-16H,17-18H2,1-6H3. The molecule has 0 amide bonds. The van der Waals surface area contributed by atoms with Crippen LogP contribution in [0, 0.1) is 5.82 Å². The quantitative estimate of drug-likeness (QED) is 0.222. The monoisotopic (exact) mass is 585 g/mol. The fourth-order valence-electron chi connectivity index (χ4n) is 4.18.